The van der Waals surface area contributed by atoms with Crippen LogP contribution in [0.1, 0.15) is 18.4 Å². The molecule has 1 fully saturated rings. The average Bonchev–Trinajstić information content (AvgIpc) is 2.42. The Morgan fingerprint density at radius 2 is 2.15 bits per heavy atom. The highest BCUT2D eigenvalue weighted by Gasteiger charge is 2.30. The van der Waals surface area contributed by atoms with Crippen molar-refractivity contribution in [3.8, 4) is 0 Å². The van der Waals surface area contributed by atoms with E-state index in [2.05, 4.69) is 10.6 Å². The Labute approximate surface area is 117 Å². The molecule has 2 rings (SSSR count). The Kier molecular flexibility index (Phi) is 4.57. The van der Waals surface area contributed by atoms with Gasteiger partial charge in [0.2, 0.25) is 0 Å². The van der Waals surface area contributed by atoms with Gasteiger partial charge in [-0.3, -0.25) is 0 Å². The largest absolute Gasteiger partial charge is 0.388 e. The number of nitrogens with one attached hydrogen (secondary N) is 2. The molecule has 0 radical (unpaired) electrons. The molecule has 0 atom stereocenters. The molecule has 110 valence electrons. The van der Waals surface area contributed by atoms with E-state index in [4.69, 9.17) is 4.74 Å². The maximum absolute atomic E-state index is 13.5. The van der Waals surface area contributed by atoms with Crippen molar-refractivity contribution < 1.29 is 19.0 Å². The zero-order chi connectivity index (χ0) is 14.6. The molecule has 0 saturated carbocycles. The first kappa shape index (κ1) is 14.7. The van der Waals surface area contributed by atoms with E-state index in [0.29, 0.717) is 26.1 Å². The smallest absolute Gasteiger partial charge is 0.319 e. The lowest BCUT2D eigenvalue weighted by Crippen LogP contribution is -2.47. The molecular formula is C14H19FN2O3. The van der Waals surface area contributed by atoms with Gasteiger partial charge in [-0.25, -0.2) is 9.18 Å². The lowest BCUT2D eigenvalue weighted by atomic mass is 9.94. The van der Waals surface area contributed by atoms with Gasteiger partial charge in [0.25, 0.3) is 0 Å². The van der Waals surface area contributed by atoms with E-state index in [0.717, 1.165) is 5.56 Å². The quantitative estimate of drug-likeness (QED) is 0.791. The topological polar surface area (TPSA) is 70.6 Å². The molecule has 5 nitrogen and oxygen atoms in total. The summed E-state index contributed by atoms with van der Waals surface area (Å²) in [5.74, 6) is -0.490. The molecule has 3 N–H and O–H groups in total. The fourth-order valence-electron chi connectivity index (χ4n) is 2.07. The van der Waals surface area contributed by atoms with Gasteiger partial charge in [0, 0.05) is 32.6 Å². The fraction of sp³-hybridized carbons (Fsp3) is 0.500. The van der Waals surface area contributed by atoms with Crippen LogP contribution in [0.4, 0.5) is 14.9 Å². The number of urea groups is 1. The average molecular weight is 282 g/mol. The predicted octanol–water partition coefficient (Wildman–Crippen LogP) is 1.80. The van der Waals surface area contributed by atoms with Gasteiger partial charge in [-0.2, -0.15) is 0 Å². The molecule has 1 aliphatic heterocycles. The SMILES string of the molecule is Cc1ccc(F)c(NC(=O)NCC2(O)CCOCC2)c1. The summed E-state index contributed by atoms with van der Waals surface area (Å²) in [6.45, 7) is 2.89. The molecule has 20 heavy (non-hydrogen) atoms. The summed E-state index contributed by atoms with van der Waals surface area (Å²) < 4.78 is 18.7. The number of benzene rings is 1. The number of hydrogen-bond acceptors (Lipinski definition) is 3. The first-order valence-corrected chi connectivity index (χ1v) is 6.60. The number of amides is 2. The van der Waals surface area contributed by atoms with Gasteiger partial charge in [0.1, 0.15) is 5.82 Å². The van der Waals surface area contributed by atoms with Crippen molar-refractivity contribution >= 4 is 11.7 Å². The summed E-state index contributed by atoms with van der Waals surface area (Å²) in [5.41, 5.74) is 0.0343. The fourth-order valence-corrected chi connectivity index (χ4v) is 2.07. The van der Waals surface area contributed by atoms with Crippen molar-refractivity contribution in [1.82, 2.24) is 5.32 Å². The molecule has 1 saturated heterocycles. The van der Waals surface area contributed by atoms with Crippen LogP contribution in [0.3, 0.4) is 0 Å². The van der Waals surface area contributed by atoms with Gasteiger partial charge in [-0.1, -0.05) is 6.07 Å². The number of anilines is 1. The summed E-state index contributed by atoms with van der Waals surface area (Å²) in [7, 11) is 0. The van der Waals surface area contributed by atoms with Crippen LogP contribution in [0.15, 0.2) is 18.2 Å². The monoisotopic (exact) mass is 282 g/mol. The summed E-state index contributed by atoms with van der Waals surface area (Å²) in [4.78, 5) is 11.7. The van der Waals surface area contributed by atoms with Crippen LogP contribution >= 0.6 is 0 Å². The first-order valence-electron chi connectivity index (χ1n) is 6.60. The standard InChI is InChI=1S/C14H19FN2O3/c1-10-2-3-11(15)12(8-10)17-13(18)16-9-14(19)4-6-20-7-5-14/h2-3,8,19H,4-7,9H2,1H3,(H2,16,17,18). The number of aliphatic hydroxyl groups is 1. The minimum absolute atomic E-state index is 0.121. The molecule has 2 amide bonds. The third-order valence-corrected chi connectivity index (χ3v) is 3.37. The van der Waals surface area contributed by atoms with Gasteiger partial charge < -0.3 is 20.5 Å². The molecule has 1 aliphatic rings. The van der Waals surface area contributed by atoms with E-state index >= 15 is 0 Å². The number of ether oxygens (including phenoxy) is 1. The number of rotatable bonds is 3. The molecule has 1 aromatic carbocycles. The molecule has 0 unspecified atom stereocenters. The molecule has 6 heteroatoms. The maximum atomic E-state index is 13.5. The van der Waals surface area contributed by atoms with Gasteiger partial charge in [-0.15, -0.1) is 0 Å². The second-order valence-corrected chi connectivity index (χ2v) is 5.13. The van der Waals surface area contributed by atoms with Crippen LogP contribution in [0.5, 0.6) is 0 Å². The number of aryl methyl sites for hydroxylation is 1. The van der Waals surface area contributed by atoms with E-state index in [-0.39, 0.29) is 12.2 Å². The summed E-state index contributed by atoms with van der Waals surface area (Å²) >= 11 is 0. The molecule has 1 heterocycles. The summed E-state index contributed by atoms with van der Waals surface area (Å²) in [6.07, 6.45) is 0.957. The van der Waals surface area contributed by atoms with Crippen molar-refractivity contribution in [2.24, 2.45) is 0 Å². The van der Waals surface area contributed by atoms with Crippen molar-refractivity contribution in [1.29, 1.82) is 0 Å². The molecule has 0 spiro atoms. The first-order chi connectivity index (χ1) is 9.48. The van der Waals surface area contributed by atoms with Crippen molar-refractivity contribution in [2.75, 3.05) is 25.1 Å². The van der Waals surface area contributed by atoms with Crippen LogP contribution in [0, 0.1) is 12.7 Å². The van der Waals surface area contributed by atoms with Gasteiger partial charge in [0.15, 0.2) is 0 Å². The minimum Gasteiger partial charge on any atom is -0.388 e. The van der Waals surface area contributed by atoms with Crippen molar-refractivity contribution in [3.05, 3.63) is 29.6 Å². The molecule has 0 aromatic heterocycles. The van der Waals surface area contributed by atoms with Crippen LogP contribution in [0.25, 0.3) is 0 Å². The normalized spacial score (nSPS) is 17.6. The minimum atomic E-state index is -0.944. The Hall–Kier alpha value is -1.66. The van der Waals surface area contributed by atoms with Crippen LogP contribution in [-0.4, -0.2) is 36.5 Å². The van der Waals surface area contributed by atoms with E-state index < -0.39 is 17.4 Å². The highest BCUT2D eigenvalue weighted by Crippen LogP contribution is 2.19. The maximum Gasteiger partial charge on any atom is 0.319 e. The lowest BCUT2D eigenvalue weighted by molar-refractivity contribution is -0.0598. The summed E-state index contributed by atoms with van der Waals surface area (Å²) in [6, 6.07) is 3.95. The zero-order valence-electron chi connectivity index (χ0n) is 11.4. The number of halogens is 1. The number of carbonyl (C=O) groups is 1. The lowest BCUT2D eigenvalue weighted by Gasteiger charge is -2.32. The molecule has 0 aliphatic carbocycles. The highest BCUT2D eigenvalue weighted by molar-refractivity contribution is 5.89. The van der Waals surface area contributed by atoms with Crippen LogP contribution < -0.4 is 10.6 Å². The third kappa shape index (κ3) is 3.91. The van der Waals surface area contributed by atoms with E-state index in [1.54, 1.807) is 12.1 Å². The highest BCUT2D eigenvalue weighted by atomic mass is 19.1. The third-order valence-electron chi connectivity index (χ3n) is 3.37. The Balaban J connectivity index is 1.87. The van der Waals surface area contributed by atoms with E-state index in [1.165, 1.54) is 6.07 Å². The molecular weight excluding hydrogens is 263 g/mol. The van der Waals surface area contributed by atoms with Gasteiger partial charge >= 0.3 is 6.03 Å². The van der Waals surface area contributed by atoms with Crippen molar-refractivity contribution in [3.63, 3.8) is 0 Å². The number of hydrogen-bond donors (Lipinski definition) is 3. The predicted molar refractivity (Wildman–Crippen MR) is 73.2 cm³/mol. The Morgan fingerprint density at radius 1 is 1.45 bits per heavy atom. The Morgan fingerprint density at radius 3 is 2.85 bits per heavy atom. The van der Waals surface area contributed by atoms with E-state index in [1.807, 2.05) is 6.92 Å². The van der Waals surface area contributed by atoms with Crippen molar-refractivity contribution in [2.45, 2.75) is 25.4 Å². The number of carbonyl (C=O) groups excluding carboxylic acids is 1. The van der Waals surface area contributed by atoms with Crippen LogP contribution in [0.2, 0.25) is 0 Å². The zero-order valence-corrected chi connectivity index (χ0v) is 11.4. The van der Waals surface area contributed by atoms with E-state index in [9.17, 15) is 14.3 Å². The summed E-state index contributed by atoms with van der Waals surface area (Å²) in [5, 5.41) is 15.2. The molecule has 0 bridgehead atoms. The van der Waals surface area contributed by atoms with Gasteiger partial charge in [-0.05, 0) is 24.6 Å². The Bertz CT molecular complexity index is 487. The second-order valence-electron chi connectivity index (χ2n) is 5.13. The van der Waals surface area contributed by atoms with Crippen LogP contribution in [-0.2, 0) is 4.74 Å². The van der Waals surface area contributed by atoms with Gasteiger partial charge in [0.05, 0.1) is 11.3 Å². The molecule has 1 aromatic rings. The second kappa shape index (κ2) is 6.19.